The van der Waals surface area contributed by atoms with Crippen LogP contribution >= 0.6 is 0 Å². The third-order valence-electron chi connectivity index (χ3n) is 2.38. The predicted octanol–water partition coefficient (Wildman–Crippen LogP) is 1.48. The van der Waals surface area contributed by atoms with E-state index in [0.717, 1.165) is 5.56 Å². The minimum atomic E-state index is -3.60. The van der Waals surface area contributed by atoms with Gasteiger partial charge in [0.1, 0.15) is 5.78 Å². The van der Waals surface area contributed by atoms with Crippen LogP contribution in [-0.2, 0) is 14.8 Å². The Balaban J connectivity index is 3.20. The van der Waals surface area contributed by atoms with Crippen LogP contribution in [0.3, 0.4) is 0 Å². The number of ketones is 1. The molecule has 0 unspecified atom stereocenters. The van der Waals surface area contributed by atoms with Crippen molar-refractivity contribution in [1.29, 1.82) is 0 Å². The van der Waals surface area contributed by atoms with E-state index in [9.17, 15) is 13.2 Å². The number of nitrogens with one attached hydrogen (secondary N) is 1. The number of carbonyl (C=O) groups excluding carboxylic acids is 1. The van der Waals surface area contributed by atoms with Crippen molar-refractivity contribution < 1.29 is 13.2 Å². The number of benzene rings is 1. The maximum atomic E-state index is 12.0. The van der Waals surface area contributed by atoms with E-state index in [-0.39, 0.29) is 17.2 Å². The molecule has 0 spiro atoms. The highest BCUT2D eigenvalue weighted by Gasteiger charge is 2.19. The summed E-state index contributed by atoms with van der Waals surface area (Å²) in [6, 6.07) is 3.63. The van der Waals surface area contributed by atoms with Crippen LogP contribution < -0.4 is 4.72 Å². The van der Waals surface area contributed by atoms with E-state index in [1.165, 1.54) is 6.92 Å². The minimum absolute atomic E-state index is 0.172. The van der Waals surface area contributed by atoms with Crippen LogP contribution in [0.1, 0.15) is 23.6 Å². The van der Waals surface area contributed by atoms with Crippen LogP contribution in [0.25, 0.3) is 0 Å². The molecule has 5 heteroatoms. The van der Waals surface area contributed by atoms with E-state index in [4.69, 9.17) is 0 Å². The molecule has 0 radical (unpaired) electrons. The summed E-state index contributed by atoms with van der Waals surface area (Å²) < 4.78 is 26.4. The third-order valence-corrected chi connectivity index (χ3v) is 4.09. The topological polar surface area (TPSA) is 63.2 Å². The maximum Gasteiger partial charge on any atom is 0.241 e. The van der Waals surface area contributed by atoms with Crippen molar-refractivity contribution in [3.05, 3.63) is 28.8 Å². The second kappa shape index (κ2) is 4.98. The normalized spacial score (nSPS) is 11.5. The van der Waals surface area contributed by atoms with E-state index in [0.29, 0.717) is 11.1 Å². The molecule has 1 rings (SSSR count). The Morgan fingerprint density at radius 1 is 1.18 bits per heavy atom. The lowest BCUT2D eigenvalue weighted by atomic mass is 10.1. The summed E-state index contributed by atoms with van der Waals surface area (Å²) in [7, 11) is -3.60. The number of Topliss-reactive ketones (excluding diaryl/α,β-unsaturated/α-hetero) is 1. The molecule has 1 aromatic carbocycles. The van der Waals surface area contributed by atoms with E-state index < -0.39 is 10.0 Å². The zero-order chi connectivity index (χ0) is 13.2. The van der Waals surface area contributed by atoms with Crippen molar-refractivity contribution in [3.8, 4) is 0 Å². The van der Waals surface area contributed by atoms with Gasteiger partial charge in [0.2, 0.25) is 10.0 Å². The Labute approximate surface area is 102 Å². The van der Waals surface area contributed by atoms with Gasteiger partial charge in [-0.15, -0.1) is 0 Å². The first-order valence-electron chi connectivity index (χ1n) is 5.31. The number of rotatable bonds is 4. The molecule has 0 bridgehead atoms. The number of sulfonamides is 1. The zero-order valence-corrected chi connectivity index (χ0v) is 11.3. The van der Waals surface area contributed by atoms with Crippen LogP contribution in [0.4, 0.5) is 0 Å². The lowest BCUT2D eigenvalue weighted by Crippen LogP contribution is -2.29. The van der Waals surface area contributed by atoms with Crippen LogP contribution in [0.15, 0.2) is 17.0 Å². The minimum Gasteiger partial charge on any atom is -0.299 e. The van der Waals surface area contributed by atoms with Gasteiger partial charge in [-0.25, -0.2) is 13.1 Å². The van der Waals surface area contributed by atoms with Gasteiger partial charge in [0.15, 0.2) is 0 Å². The van der Waals surface area contributed by atoms with Gasteiger partial charge >= 0.3 is 0 Å². The summed E-state index contributed by atoms with van der Waals surface area (Å²) >= 11 is 0. The van der Waals surface area contributed by atoms with Crippen molar-refractivity contribution in [2.45, 2.75) is 32.6 Å². The molecule has 4 nitrogen and oxygen atoms in total. The van der Waals surface area contributed by atoms with Gasteiger partial charge in [0.25, 0.3) is 0 Å². The van der Waals surface area contributed by atoms with Gasteiger partial charge in [0.05, 0.1) is 11.4 Å². The standard InChI is InChI=1S/C12H17NO3S/c1-8-5-9(2)12(10(3)6-8)17(15,16)13-7-11(4)14/h5-6,13H,7H2,1-4H3. The van der Waals surface area contributed by atoms with Gasteiger partial charge in [-0.1, -0.05) is 17.7 Å². The van der Waals surface area contributed by atoms with E-state index >= 15 is 0 Å². The molecule has 0 aliphatic heterocycles. The van der Waals surface area contributed by atoms with Crippen molar-refractivity contribution >= 4 is 15.8 Å². The fourth-order valence-electron chi connectivity index (χ4n) is 1.86. The number of aryl methyl sites for hydroxylation is 3. The number of hydrogen-bond acceptors (Lipinski definition) is 3. The molecule has 0 saturated heterocycles. The van der Waals surface area contributed by atoms with E-state index in [2.05, 4.69) is 4.72 Å². The number of hydrogen-bond donors (Lipinski definition) is 1. The molecule has 0 heterocycles. The molecule has 1 N–H and O–H groups in total. The third kappa shape index (κ3) is 3.38. The molecule has 0 amide bonds. The Kier molecular flexibility index (Phi) is 4.06. The maximum absolute atomic E-state index is 12.0. The molecule has 1 aromatic rings. The van der Waals surface area contributed by atoms with Crippen molar-refractivity contribution in [2.75, 3.05) is 6.54 Å². The second-order valence-corrected chi connectivity index (χ2v) is 5.96. The summed E-state index contributed by atoms with van der Waals surface area (Å²) in [4.78, 5) is 11.1. The lowest BCUT2D eigenvalue weighted by Gasteiger charge is -2.12. The fraction of sp³-hybridized carbons (Fsp3) is 0.417. The monoisotopic (exact) mass is 255 g/mol. The summed E-state index contributed by atoms with van der Waals surface area (Å²) in [5.41, 5.74) is 2.41. The largest absolute Gasteiger partial charge is 0.299 e. The highest BCUT2D eigenvalue weighted by atomic mass is 32.2. The lowest BCUT2D eigenvalue weighted by molar-refractivity contribution is -0.115. The van der Waals surface area contributed by atoms with E-state index in [1.807, 2.05) is 19.1 Å². The van der Waals surface area contributed by atoms with Crippen molar-refractivity contribution in [2.24, 2.45) is 0 Å². The molecule has 17 heavy (non-hydrogen) atoms. The average Bonchev–Trinajstić information content (AvgIpc) is 2.12. The highest BCUT2D eigenvalue weighted by molar-refractivity contribution is 7.89. The molecule has 0 saturated carbocycles. The first-order valence-corrected chi connectivity index (χ1v) is 6.79. The van der Waals surface area contributed by atoms with Crippen LogP contribution in [0, 0.1) is 20.8 Å². The van der Waals surface area contributed by atoms with Gasteiger partial charge in [-0.2, -0.15) is 0 Å². The quantitative estimate of drug-likeness (QED) is 0.886. The van der Waals surface area contributed by atoms with Gasteiger partial charge in [-0.05, 0) is 38.8 Å². The van der Waals surface area contributed by atoms with Crippen LogP contribution in [0.2, 0.25) is 0 Å². The molecule has 0 atom stereocenters. The Morgan fingerprint density at radius 3 is 2.06 bits per heavy atom. The summed E-state index contributed by atoms with van der Waals surface area (Å²) in [6.45, 7) is 6.59. The molecule has 94 valence electrons. The summed E-state index contributed by atoms with van der Waals surface area (Å²) in [5.74, 6) is -0.212. The summed E-state index contributed by atoms with van der Waals surface area (Å²) in [5, 5.41) is 0. The SMILES string of the molecule is CC(=O)CNS(=O)(=O)c1c(C)cc(C)cc1C. The molecular formula is C12H17NO3S. The molecule has 0 aliphatic carbocycles. The molecule has 0 aromatic heterocycles. The summed E-state index contributed by atoms with van der Waals surface area (Å²) in [6.07, 6.45) is 0. The first kappa shape index (κ1) is 13.9. The Morgan fingerprint density at radius 2 is 1.65 bits per heavy atom. The first-order chi connectivity index (χ1) is 7.74. The Hall–Kier alpha value is -1.20. The van der Waals surface area contributed by atoms with Crippen molar-refractivity contribution in [3.63, 3.8) is 0 Å². The highest BCUT2D eigenvalue weighted by Crippen LogP contribution is 2.21. The average molecular weight is 255 g/mol. The predicted molar refractivity (Wildman–Crippen MR) is 66.5 cm³/mol. The Bertz CT molecular complexity index is 524. The second-order valence-electron chi connectivity index (χ2n) is 4.25. The molecule has 0 aliphatic rings. The van der Waals surface area contributed by atoms with Crippen LogP contribution in [-0.4, -0.2) is 20.7 Å². The smallest absolute Gasteiger partial charge is 0.241 e. The van der Waals surface area contributed by atoms with E-state index in [1.54, 1.807) is 13.8 Å². The van der Waals surface area contributed by atoms with Gasteiger partial charge in [0, 0.05) is 0 Å². The molecular weight excluding hydrogens is 238 g/mol. The van der Waals surface area contributed by atoms with Gasteiger partial charge < -0.3 is 0 Å². The van der Waals surface area contributed by atoms with Crippen LogP contribution in [0.5, 0.6) is 0 Å². The molecule has 0 fully saturated rings. The van der Waals surface area contributed by atoms with Crippen molar-refractivity contribution in [1.82, 2.24) is 4.72 Å². The van der Waals surface area contributed by atoms with Gasteiger partial charge in [-0.3, -0.25) is 4.79 Å². The zero-order valence-electron chi connectivity index (χ0n) is 10.5. The number of carbonyl (C=O) groups is 1. The fourth-order valence-corrected chi connectivity index (χ4v) is 3.36.